The number of carboxylic acid groups (broad SMARTS) is 1. The number of amides is 1. The maximum atomic E-state index is 12.3. The van der Waals surface area contributed by atoms with Crippen molar-refractivity contribution in [2.24, 2.45) is 5.41 Å². The first kappa shape index (κ1) is 15.8. The van der Waals surface area contributed by atoms with Crippen molar-refractivity contribution in [1.29, 1.82) is 0 Å². The highest BCUT2D eigenvalue weighted by Crippen LogP contribution is 2.35. The van der Waals surface area contributed by atoms with E-state index in [1.54, 1.807) is 17.0 Å². The minimum atomic E-state index is -0.786. The molecule has 1 unspecified atom stereocenters. The first-order chi connectivity index (χ1) is 9.97. The quantitative estimate of drug-likeness (QED) is 0.909. The van der Waals surface area contributed by atoms with Gasteiger partial charge in [-0.3, -0.25) is 9.59 Å². The molecule has 1 aliphatic rings. The molecule has 2 rings (SSSR count). The van der Waals surface area contributed by atoms with Crippen molar-refractivity contribution >= 4 is 23.5 Å². The van der Waals surface area contributed by atoms with E-state index in [-0.39, 0.29) is 5.91 Å². The molecular weight excluding hydrogens is 290 g/mol. The third-order valence-corrected chi connectivity index (χ3v) is 4.41. The number of likely N-dealkylation sites (tertiary alicyclic amines) is 1. The summed E-state index contributed by atoms with van der Waals surface area (Å²) in [4.78, 5) is 25.5. The topological polar surface area (TPSA) is 57.6 Å². The zero-order valence-corrected chi connectivity index (χ0v) is 12.9. The lowest BCUT2D eigenvalue weighted by Gasteiger charge is -2.24. The Balaban J connectivity index is 2.01. The van der Waals surface area contributed by atoms with E-state index in [9.17, 15) is 14.7 Å². The Bertz CT molecular complexity index is 529. The standard InChI is InChI=1S/C16H20ClNO3/c1-2-7-16(15(20)21)8-9-18(11-16)14(19)10-12-3-5-13(17)6-4-12/h3-6H,2,7-11H2,1H3,(H,20,21). The van der Waals surface area contributed by atoms with E-state index >= 15 is 0 Å². The lowest BCUT2D eigenvalue weighted by Crippen LogP contribution is -2.37. The van der Waals surface area contributed by atoms with E-state index in [1.165, 1.54) is 0 Å². The van der Waals surface area contributed by atoms with Gasteiger partial charge in [0.15, 0.2) is 0 Å². The Kier molecular flexibility index (Phi) is 4.88. The summed E-state index contributed by atoms with van der Waals surface area (Å²) >= 11 is 5.82. The van der Waals surface area contributed by atoms with Gasteiger partial charge in [-0.2, -0.15) is 0 Å². The maximum Gasteiger partial charge on any atom is 0.311 e. The van der Waals surface area contributed by atoms with Crippen LogP contribution in [0.3, 0.4) is 0 Å². The predicted octanol–water partition coefficient (Wildman–Crippen LogP) is 2.99. The number of rotatable bonds is 5. The molecule has 0 saturated carbocycles. The molecule has 1 fully saturated rings. The fourth-order valence-corrected chi connectivity index (χ4v) is 3.06. The average molecular weight is 310 g/mol. The zero-order valence-electron chi connectivity index (χ0n) is 12.1. The molecule has 0 aromatic heterocycles. The molecule has 1 heterocycles. The second-order valence-electron chi connectivity index (χ2n) is 5.70. The van der Waals surface area contributed by atoms with E-state index < -0.39 is 11.4 Å². The molecule has 1 saturated heterocycles. The van der Waals surface area contributed by atoms with Crippen LogP contribution >= 0.6 is 11.6 Å². The Hall–Kier alpha value is -1.55. The predicted molar refractivity (Wildman–Crippen MR) is 81.3 cm³/mol. The van der Waals surface area contributed by atoms with Crippen LogP contribution in [0, 0.1) is 5.41 Å². The van der Waals surface area contributed by atoms with E-state index in [0.717, 1.165) is 12.0 Å². The second kappa shape index (κ2) is 6.48. The number of carbonyl (C=O) groups is 2. The summed E-state index contributed by atoms with van der Waals surface area (Å²) in [6, 6.07) is 7.17. The molecule has 114 valence electrons. The molecule has 1 aliphatic heterocycles. The molecule has 1 amide bonds. The maximum absolute atomic E-state index is 12.3. The minimum Gasteiger partial charge on any atom is -0.481 e. The van der Waals surface area contributed by atoms with Crippen molar-refractivity contribution in [3.63, 3.8) is 0 Å². The lowest BCUT2D eigenvalue weighted by atomic mass is 9.83. The Morgan fingerprint density at radius 2 is 2.00 bits per heavy atom. The average Bonchev–Trinajstić information content (AvgIpc) is 2.88. The van der Waals surface area contributed by atoms with Crippen molar-refractivity contribution in [3.05, 3.63) is 34.9 Å². The van der Waals surface area contributed by atoms with Gasteiger partial charge in [0.1, 0.15) is 0 Å². The van der Waals surface area contributed by atoms with Crippen LogP contribution in [0.1, 0.15) is 31.7 Å². The molecule has 1 aromatic rings. The highest BCUT2D eigenvalue weighted by molar-refractivity contribution is 6.30. The molecule has 4 nitrogen and oxygen atoms in total. The minimum absolute atomic E-state index is 0.0171. The Morgan fingerprint density at radius 1 is 1.33 bits per heavy atom. The van der Waals surface area contributed by atoms with Crippen LogP contribution in [0.2, 0.25) is 5.02 Å². The number of halogens is 1. The largest absolute Gasteiger partial charge is 0.481 e. The van der Waals surface area contributed by atoms with Crippen LogP contribution in [0.5, 0.6) is 0 Å². The SMILES string of the molecule is CCCC1(C(=O)O)CCN(C(=O)Cc2ccc(Cl)cc2)C1. The summed E-state index contributed by atoms with van der Waals surface area (Å²) in [7, 11) is 0. The molecule has 0 spiro atoms. The van der Waals surface area contributed by atoms with Gasteiger partial charge in [-0.1, -0.05) is 37.1 Å². The smallest absolute Gasteiger partial charge is 0.311 e. The van der Waals surface area contributed by atoms with Crippen LogP contribution in [-0.2, 0) is 16.0 Å². The fraction of sp³-hybridized carbons (Fsp3) is 0.500. The Morgan fingerprint density at radius 3 is 2.57 bits per heavy atom. The van der Waals surface area contributed by atoms with Gasteiger partial charge in [-0.05, 0) is 30.5 Å². The normalized spacial score (nSPS) is 21.5. The van der Waals surface area contributed by atoms with Gasteiger partial charge in [0.05, 0.1) is 11.8 Å². The summed E-state index contributed by atoms with van der Waals surface area (Å²) < 4.78 is 0. The number of nitrogens with zero attached hydrogens (tertiary/aromatic N) is 1. The third kappa shape index (κ3) is 3.56. The number of hydrogen-bond acceptors (Lipinski definition) is 2. The molecule has 1 atom stereocenters. The number of benzene rings is 1. The van der Waals surface area contributed by atoms with Crippen LogP contribution in [0.25, 0.3) is 0 Å². The van der Waals surface area contributed by atoms with Crippen molar-refractivity contribution in [2.45, 2.75) is 32.6 Å². The summed E-state index contributed by atoms with van der Waals surface area (Å²) in [5.41, 5.74) is 0.137. The van der Waals surface area contributed by atoms with Gasteiger partial charge in [0.25, 0.3) is 0 Å². The molecule has 0 radical (unpaired) electrons. The molecule has 1 N–H and O–H groups in total. The molecule has 5 heteroatoms. The van der Waals surface area contributed by atoms with Gasteiger partial charge in [-0.15, -0.1) is 0 Å². The van der Waals surface area contributed by atoms with Crippen molar-refractivity contribution in [2.75, 3.05) is 13.1 Å². The number of carbonyl (C=O) groups excluding carboxylic acids is 1. The van der Waals surface area contributed by atoms with Crippen molar-refractivity contribution in [3.8, 4) is 0 Å². The van der Waals surface area contributed by atoms with Crippen LogP contribution in [0.4, 0.5) is 0 Å². The van der Waals surface area contributed by atoms with E-state index in [4.69, 9.17) is 11.6 Å². The first-order valence-corrected chi connectivity index (χ1v) is 7.60. The van der Waals surface area contributed by atoms with Gasteiger partial charge in [-0.25, -0.2) is 0 Å². The van der Waals surface area contributed by atoms with Crippen molar-refractivity contribution in [1.82, 2.24) is 4.90 Å². The molecule has 1 aromatic carbocycles. The van der Waals surface area contributed by atoms with Gasteiger partial charge in [0.2, 0.25) is 5.91 Å². The number of aliphatic carboxylic acids is 1. The van der Waals surface area contributed by atoms with Crippen LogP contribution in [0.15, 0.2) is 24.3 Å². The van der Waals surface area contributed by atoms with Crippen molar-refractivity contribution < 1.29 is 14.7 Å². The molecular formula is C16H20ClNO3. The third-order valence-electron chi connectivity index (χ3n) is 4.16. The fourth-order valence-electron chi connectivity index (χ4n) is 2.94. The van der Waals surface area contributed by atoms with E-state index in [2.05, 4.69) is 0 Å². The monoisotopic (exact) mass is 309 g/mol. The number of hydrogen-bond donors (Lipinski definition) is 1. The zero-order chi connectivity index (χ0) is 15.5. The molecule has 21 heavy (non-hydrogen) atoms. The molecule has 0 bridgehead atoms. The van der Waals surface area contributed by atoms with Gasteiger partial charge in [0, 0.05) is 18.1 Å². The van der Waals surface area contributed by atoms with E-state index in [1.807, 2.05) is 19.1 Å². The highest BCUT2D eigenvalue weighted by atomic mass is 35.5. The van der Waals surface area contributed by atoms with Gasteiger partial charge < -0.3 is 10.0 Å². The summed E-state index contributed by atoms with van der Waals surface area (Å²) in [5.74, 6) is -0.803. The lowest BCUT2D eigenvalue weighted by molar-refractivity contribution is -0.149. The molecule has 0 aliphatic carbocycles. The van der Waals surface area contributed by atoms with Crippen LogP contribution < -0.4 is 0 Å². The highest BCUT2D eigenvalue weighted by Gasteiger charge is 2.45. The van der Waals surface area contributed by atoms with E-state index in [0.29, 0.717) is 37.4 Å². The second-order valence-corrected chi connectivity index (χ2v) is 6.14. The summed E-state index contributed by atoms with van der Waals surface area (Å²) in [6.45, 7) is 2.82. The van der Waals surface area contributed by atoms with Gasteiger partial charge >= 0.3 is 5.97 Å². The number of carboxylic acids is 1. The summed E-state index contributed by atoms with van der Waals surface area (Å²) in [6.07, 6.45) is 2.26. The van der Waals surface area contributed by atoms with Crippen LogP contribution in [-0.4, -0.2) is 35.0 Å². The Labute approximate surface area is 129 Å². The first-order valence-electron chi connectivity index (χ1n) is 7.22. The summed E-state index contributed by atoms with van der Waals surface area (Å²) in [5, 5.41) is 10.1.